The molecular weight excluding hydrogens is 298 g/mol. The van der Waals surface area contributed by atoms with Gasteiger partial charge in [-0.05, 0) is 12.0 Å². The summed E-state index contributed by atoms with van der Waals surface area (Å²) in [7, 11) is 1.25. The van der Waals surface area contributed by atoms with E-state index in [0.29, 0.717) is 6.42 Å². The summed E-state index contributed by atoms with van der Waals surface area (Å²) >= 11 is 0. The van der Waals surface area contributed by atoms with E-state index >= 15 is 0 Å². The van der Waals surface area contributed by atoms with Gasteiger partial charge in [0.2, 0.25) is 0 Å². The van der Waals surface area contributed by atoms with Gasteiger partial charge in [0.05, 0.1) is 7.11 Å². The van der Waals surface area contributed by atoms with E-state index in [2.05, 4.69) is 0 Å². The van der Waals surface area contributed by atoms with Crippen molar-refractivity contribution in [3.05, 3.63) is 35.9 Å². The fourth-order valence-electron chi connectivity index (χ4n) is 2.76. The Morgan fingerprint density at radius 2 is 1.96 bits per heavy atom. The molecule has 0 radical (unpaired) electrons. The zero-order valence-electron chi connectivity index (χ0n) is 13.4. The highest BCUT2D eigenvalue weighted by Gasteiger charge is 2.50. The lowest BCUT2D eigenvalue weighted by molar-refractivity contribution is -0.161. The van der Waals surface area contributed by atoms with Crippen molar-refractivity contribution in [3.8, 4) is 0 Å². The number of amides is 1. The molecule has 23 heavy (non-hydrogen) atoms. The molecule has 1 aliphatic rings. The Balaban J connectivity index is 2.04. The first-order valence-electron chi connectivity index (χ1n) is 7.61. The fourth-order valence-corrected chi connectivity index (χ4v) is 2.76. The molecular formula is C17H21NO5. The van der Waals surface area contributed by atoms with Crippen LogP contribution in [-0.4, -0.2) is 42.9 Å². The number of piperidine rings is 1. The zero-order valence-corrected chi connectivity index (χ0v) is 13.4. The third-order valence-corrected chi connectivity index (χ3v) is 4.25. The van der Waals surface area contributed by atoms with Gasteiger partial charge in [0.25, 0.3) is 0 Å². The lowest BCUT2D eigenvalue weighted by atomic mass is 9.76. The van der Waals surface area contributed by atoms with E-state index in [1.54, 1.807) is 6.92 Å². The van der Waals surface area contributed by atoms with Crippen LogP contribution in [0.25, 0.3) is 0 Å². The molecule has 1 atom stereocenters. The third-order valence-electron chi connectivity index (χ3n) is 4.25. The number of hydrogen-bond donors (Lipinski definition) is 0. The smallest absolute Gasteiger partial charge is 0.410 e. The number of carbonyl (C=O) groups excluding carboxylic acids is 3. The predicted molar refractivity (Wildman–Crippen MR) is 82.6 cm³/mol. The molecule has 1 fully saturated rings. The molecule has 1 aromatic rings. The average Bonchev–Trinajstić information content (AvgIpc) is 2.60. The number of Topliss-reactive ketones (excluding diaryl/α,β-unsaturated/α-hetero) is 1. The van der Waals surface area contributed by atoms with Gasteiger partial charge >= 0.3 is 12.1 Å². The summed E-state index contributed by atoms with van der Waals surface area (Å²) in [6.07, 6.45) is -0.104. The molecule has 0 spiro atoms. The lowest BCUT2D eigenvalue weighted by Crippen LogP contribution is -2.55. The standard InChI is InChI=1S/C17H21NO5/c1-3-17(15(20)22-2)12-18(10-9-14(17)19)16(21)23-11-13-7-5-4-6-8-13/h4-8H,3,9-12H2,1-2H3. The molecule has 1 amide bonds. The Bertz CT molecular complexity index is 576. The van der Waals surface area contributed by atoms with E-state index < -0.39 is 17.5 Å². The monoisotopic (exact) mass is 319 g/mol. The minimum atomic E-state index is -1.28. The van der Waals surface area contributed by atoms with Gasteiger partial charge in [-0.2, -0.15) is 0 Å². The minimum absolute atomic E-state index is 0.00261. The summed E-state index contributed by atoms with van der Waals surface area (Å²) in [5.74, 6) is -0.774. The third kappa shape index (κ3) is 3.52. The number of rotatable bonds is 4. The maximum atomic E-state index is 12.2. The lowest BCUT2D eigenvalue weighted by Gasteiger charge is -2.38. The molecule has 6 heteroatoms. The van der Waals surface area contributed by atoms with Crippen molar-refractivity contribution < 1.29 is 23.9 Å². The van der Waals surface area contributed by atoms with Gasteiger partial charge in [-0.25, -0.2) is 4.79 Å². The van der Waals surface area contributed by atoms with E-state index in [0.717, 1.165) is 5.56 Å². The molecule has 2 rings (SSSR count). The van der Waals surface area contributed by atoms with Crippen molar-refractivity contribution in [3.63, 3.8) is 0 Å². The van der Waals surface area contributed by atoms with Gasteiger partial charge in [0, 0.05) is 19.5 Å². The summed E-state index contributed by atoms with van der Waals surface area (Å²) in [6.45, 7) is 2.16. The fraction of sp³-hybridized carbons (Fsp3) is 0.471. The first kappa shape index (κ1) is 17.0. The average molecular weight is 319 g/mol. The second-order valence-electron chi connectivity index (χ2n) is 5.56. The van der Waals surface area contributed by atoms with Gasteiger partial charge in [-0.1, -0.05) is 37.3 Å². The molecule has 124 valence electrons. The molecule has 1 saturated heterocycles. The Hall–Kier alpha value is -2.37. The van der Waals surface area contributed by atoms with Crippen LogP contribution in [0.3, 0.4) is 0 Å². The van der Waals surface area contributed by atoms with Crippen LogP contribution in [0, 0.1) is 5.41 Å². The largest absolute Gasteiger partial charge is 0.468 e. The summed E-state index contributed by atoms with van der Waals surface area (Å²) < 4.78 is 10.1. The highest BCUT2D eigenvalue weighted by molar-refractivity contribution is 6.05. The molecule has 0 saturated carbocycles. The quantitative estimate of drug-likeness (QED) is 0.628. The second-order valence-corrected chi connectivity index (χ2v) is 5.56. The highest BCUT2D eigenvalue weighted by atomic mass is 16.6. The van der Waals surface area contributed by atoms with Crippen LogP contribution in [0.15, 0.2) is 30.3 Å². The maximum Gasteiger partial charge on any atom is 0.410 e. The minimum Gasteiger partial charge on any atom is -0.468 e. The van der Waals surface area contributed by atoms with E-state index in [4.69, 9.17) is 9.47 Å². The van der Waals surface area contributed by atoms with Crippen LogP contribution in [0.5, 0.6) is 0 Å². The number of ether oxygens (including phenoxy) is 2. The van der Waals surface area contributed by atoms with E-state index in [9.17, 15) is 14.4 Å². The number of likely N-dealkylation sites (tertiary alicyclic amines) is 1. The van der Waals surface area contributed by atoms with Gasteiger partial charge in [0.1, 0.15) is 12.0 Å². The number of ketones is 1. The number of methoxy groups -OCH3 is 1. The van der Waals surface area contributed by atoms with Crippen LogP contribution in [0.1, 0.15) is 25.3 Å². The Labute approximate surface area is 135 Å². The summed E-state index contributed by atoms with van der Waals surface area (Å²) in [5.41, 5.74) is -0.401. The highest BCUT2D eigenvalue weighted by Crippen LogP contribution is 2.32. The number of benzene rings is 1. The summed E-state index contributed by atoms with van der Waals surface area (Å²) in [4.78, 5) is 37.9. The Morgan fingerprint density at radius 3 is 2.57 bits per heavy atom. The summed E-state index contributed by atoms with van der Waals surface area (Å²) in [5, 5.41) is 0. The first-order valence-corrected chi connectivity index (χ1v) is 7.61. The van der Waals surface area contributed by atoms with Crippen molar-refractivity contribution in [1.29, 1.82) is 0 Å². The van der Waals surface area contributed by atoms with Gasteiger partial charge in [-0.3, -0.25) is 9.59 Å². The molecule has 6 nitrogen and oxygen atoms in total. The number of esters is 1. The van der Waals surface area contributed by atoms with E-state index in [1.165, 1.54) is 12.0 Å². The van der Waals surface area contributed by atoms with Crippen LogP contribution in [0.2, 0.25) is 0 Å². The van der Waals surface area contributed by atoms with Crippen molar-refractivity contribution in [2.24, 2.45) is 5.41 Å². The SMILES string of the molecule is CCC1(C(=O)OC)CN(C(=O)OCc2ccccc2)CCC1=O. The second kappa shape index (κ2) is 7.26. The molecule has 1 heterocycles. The predicted octanol–water partition coefficient (Wildman–Crippen LogP) is 2.17. The molecule has 0 bridgehead atoms. The van der Waals surface area contributed by atoms with Gasteiger partial charge < -0.3 is 14.4 Å². The van der Waals surface area contributed by atoms with Crippen molar-refractivity contribution >= 4 is 17.8 Å². The molecule has 1 unspecified atom stereocenters. The topological polar surface area (TPSA) is 72.9 Å². The molecule has 1 aliphatic heterocycles. The van der Waals surface area contributed by atoms with Crippen LogP contribution in [-0.2, 0) is 25.7 Å². The van der Waals surface area contributed by atoms with Crippen molar-refractivity contribution in [1.82, 2.24) is 4.90 Å². The van der Waals surface area contributed by atoms with Gasteiger partial charge in [-0.15, -0.1) is 0 Å². The van der Waals surface area contributed by atoms with E-state index in [1.807, 2.05) is 30.3 Å². The normalized spacial score (nSPS) is 21.0. The van der Waals surface area contributed by atoms with Crippen LogP contribution in [0.4, 0.5) is 4.79 Å². The molecule has 0 aliphatic carbocycles. The molecule has 0 N–H and O–H groups in total. The molecule has 0 aromatic heterocycles. The van der Waals surface area contributed by atoms with Crippen LogP contribution >= 0.6 is 0 Å². The maximum absolute atomic E-state index is 12.2. The zero-order chi connectivity index (χ0) is 16.9. The first-order chi connectivity index (χ1) is 11.0. The summed E-state index contributed by atoms with van der Waals surface area (Å²) in [6, 6.07) is 9.33. The Kier molecular flexibility index (Phi) is 5.36. The van der Waals surface area contributed by atoms with Crippen molar-refractivity contribution in [2.75, 3.05) is 20.2 Å². The number of nitrogens with zero attached hydrogens (tertiary/aromatic N) is 1. The van der Waals surface area contributed by atoms with Crippen LogP contribution < -0.4 is 0 Å². The van der Waals surface area contributed by atoms with Gasteiger partial charge in [0.15, 0.2) is 5.78 Å². The van der Waals surface area contributed by atoms with E-state index in [-0.39, 0.29) is 31.9 Å². The number of carbonyl (C=O) groups is 3. The van der Waals surface area contributed by atoms with Crippen molar-refractivity contribution in [2.45, 2.75) is 26.4 Å². The molecule has 1 aromatic carbocycles. The Morgan fingerprint density at radius 1 is 1.26 bits per heavy atom. The number of hydrogen-bond acceptors (Lipinski definition) is 5.